The Labute approximate surface area is 141 Å². The van der Waals surface area contributed by atoms with Gasteiger partial charge in [-0.25, -0.2) is 14.8 Å². The Morgan fingerprint density at radius 1 is 1.20 bits per heavy atom. The van der Waals surface area contributed by atoms with E-state index in [1.54, 1.807) is 31.3 Å². The first kappa shape index (κ1) is 18.3. The van der Waals surface area contributed by atoms with E-state index in [-0.39, 0.29) is 12.3 Å². The van der Waals surface area contributed by atoms with E-state index in [0.29, 0.717) is 17.3 Å². The minimum atomic E-state index is -4.75. The van der Waals surface area contributed by atoms with Gasteiger partial charge in [0, 0.05) is 26.0 Å². The van der Waals surface area contributed by atoms with Crippen molar-refractivity contribution in [1.82, 2.24) is 15.3 Å². The summed E-state index contributed by atoms with van der Waals surface area (Å²) >= 11 is 0. The summed E-state index contributed by atoms with van der Waals surface area (Å²) in [6, 6.07) is 5.96. The van der Waals surface area contributed by atoms with Gasteiger partial charge in [0.1, 0.15) is 5.75 Å². The number of nitrogens with one attached hydrogen (secondary N) is 2. The van der Waals surface area contributed by atoms with Gasteiger partial charge in [0.05, 0.1) is 12.2 Å². The average Bonchev–Trinajstić information content (AvgIpc) is 2.54. The van der Waals surface area contributed by atoms with Crippen molar-refractivity contribution in [3.63, 3.8) is 0 Å². The van der Waals surface area contributed by atoms with E-state index in [0.717, 1.165) is 12.1 Å². The summed E-state index contributed by atoms with van der Waals surface area (Å²) in [4.78, 5) is 21.9. The molecule has 1 aromatic carbocycles. The third-order valence-electron chi connectivity index (χ3n) is 2.88. The van der Waals surface area contributed by atoms with Gasteiger partial charge < -0.3 is 20.3 Å². The first-order valence-corrected chi connectivity index (χ1v) is 7.13. The molecule has 2 N–H and O–H groups in total. The van der Waals surface area contributed by atoms with Crippen molar-refractivity contribution in [2.24, 2.45) is 0 Å². The van der Waals surface area contributed by atoms with Crippen molar-refractivity contribution in [3.8, 4) is 5.75 Å². The van der Waals surface area contributed by atoms with E-state index in [9.17, 15) is 18.0 Å². The van der Waals surface area contributed by atoms with Crippen LogP contribution in [0.25, 0.3) is 0 Å². The molecule has 7 nitrogen and oxygen atoms in total. The molecule has 2 rings (SSSR count). The number of urea groups is 1. The molecule has 1 aromatic heterocycles. The summed E-state index contributed by atoms with van der Waals surface area (Å²) in [5, 5.41) is 5.10. The zero-order valence-electron chi connectivity index (χ0n) is 13.5. The van der Waals surface area contributed by atoms with Gasteiger partial charge in [-0.3, -0.25) is 0 Å². The second-order valence-electron chi connectivity index (χ2n) is 5.12. The molecule has 0 fully saturated rings. The zero-order chi connectivity index (χ0) is 18.4. The van der Waals surface area contributed by atoms with Crippen LogP contribution in [-0.4, -0.2) is 36.5 Å². The summed E-state index contributed by atoms with van der Waals surface area (Å²) in [6.07, 6.45) is -3.17. The predicted octanol–water partition coefficient (Wildman–Crippen LogP) is 2.76. The Hall–Kier alpha value is -3.04. The quantitative estimate of drug-likeness (QED) is 0.862. The lowest BCUT2D eigenvalue weighted by Crippen LogP contribution is -2.28. The summed E-state index contributed by atoms with van der Waals surface area (Å²) in [5.41, 5.74) is 0.937. The fourth-order valence-corrected chi connectivity index (χ4v) is 1.78. The van der Waals surface area contributed by atoms with Crippen LogP contribution in [0.1, 0.15) is 5.69 Å². The third-order valence-corrected chi connectivity index (χ3v) is 2.88. The molecule has 1 heterocycles. The van der Waals surface area contributed by atoms with Crippen molar-refractivity contribution >= 4 is 17.7 Å². The lowest BCUT2D eigenvalue weighted by Gasteiger charge is -2.12. The van der Waals surface area contributed by atoms with Crippen LogP contribution >= 0.6 is 0 Å². The molecule has 0 saturated heterocycles. The number of halogens is 3. The molecule has 0 radical (unpaired) electrons. The van der Waals surface area contributed by atoms with Gasteiger partial charge in [0.2, 0.25) is 5.95 Å². The normalized spacial score (nSPS) is 10.9. The minimum Gasteiger partial charge on any atom is -0.406 e. The van der Waals surface area contributed by atoms with Gasteiger partial charge >= 0.3 is 12.4 Å². The van der Waals surface area contributed by atoms with Gasteiger partial charge in [-0.2, -0.15) is 0 Å². The Bertz CT molecular complexity index is 720. The van der Waals surface area contributed by atoms with Crippen molar-refractivity contribution in [2.75, 3.05) is 24.3 Å². The molecule has 2 aromatic rings. The predicted molar refractivity (Wildman–Crippen MR) is 85.3 cm³/mol. The Morgan fingerprint density at radius 3 is 2.48 bits per heavy atom. The Morgan fingerprint density at radius 2 is 1.88 bits per heavy atom. The molecule has 25 heavy (non-hydrogen) atoms. The fourth-order valence-electron chi connectivity index (χ4n) is 1.78. The van der Waals surface area contributed by atoms with Crippen molar-refractivity contribution in [1.29, 1.82) is 0 Å². The number of aromatic nitrogens is 2. The van der Waals surface area contributed by atoms with Crippen molar-refractivity contribution in [2.45, 2.75) is 12.9 Å². The first-order valence-electron chi connectivity index (χ1n) is 7.13. The number of ether oxygens (including phenoxy) is 1. The van der Waals surface area contributed by atoms with Crippen molar-refractivity contribution < 1.29 is 22.7 Å². The number of carbonyl (C=O) groups excluding carboxylic acids is 1. The molecule has 0 spiro atoms. The number of rotatable bonds is 5. The van der Waals surface area contributed by atoms with Gasteiger partial charge in [-0.1, -0.05) is 0 Å². The maximum atomic E-state index is 12.1. The summed E-state index contributed by atoms with van der Waals surface area (Å²) in [5.74, 6) is 0.149. The standard InChI is InChI=1S/C15H16F3N5O2/c1-23(2)13-19-8-7-11(21-13)9-20-14(24)22-10-3-5-12(6-4-10)25-15(16,17)18/h3-8H,9H2,1-2H3,(H2,20,22,24). The largest absolute Gasteiger partial charge is 0.573 e. The van der Waals surface area contributed by atoms with E-state index in [1.807, 2.05) is 0 Å². The number of benzene rings is 1. The van der Waals surface area contributed by atoms with Crippen LogP contribution in [0, 0.1) is 0 Å². The van der Waals surface area contributed by atoms with Gasteiger partial charge in [-0.05, 0) is 30.3 Å². The molecule has 0 unspecified atom stereocenters. The molecule has 0 atom stereocenters. The summed E-state index contributed by atoms with van der Waals surface area (Å²) < 4.78 is 40.0. The molecule has 0 saturated carbocycles. The number of amides is 2. The second kappa shape index (κ2) is 7.69. The highest BCUT2D eigenvalue weighted by Crippen LogP contribution is 2.23. The van der Waals surface area contributed by atoms with Crippen LogP contribution in [0.15, 0.2) is 36.5 Å². The molecule has 10 heteroatoms. The topological polar surface area (TPSA) is 79.4 Å². The highest BCUT2D eigenvalue weighted by Gasteiger charge is 2.30. The number of alkyl halides is 3. The molecule has 2 amide bonds. The molecular weight excluding hydrogens is 339 g/mol. The average molecular weight is 355 g/mol. The first-order chi connectivity index (χ1) is 11.7. The van der Waals surface area contributed by atoms with Crippen LogP contribution < -0.4 is 20.3 Å². The molecule has 0 aliphatic carbocycles. The maximum absolute atomic E-state index is 12.1. The number of nitrogens with zero attached hydrogens (tertiary/aromatic N) is 3. The molecular formula is C15H16F3N5O2. The van der Waals surface area contributed by atoms with Gasteiger partial charge in [0.15, 0.2) is 0 Å². The van der Waals surface area contributed by atoms with E-state index >= 15 is 0 Å². The van der Waals surface area contributed by atoms with Gasteiger partial charge in [-0.15, -0.1) is 13.2 Å². The third kappa shape index (κ3) is 6.16. The number of hydrogen-bond donors (Lipinski definition) is 2. The van der Waals surface area contributed by atoms with Crippen LogP contribution in [0.5, 0.6) is 5.75 Å². The second-order valence-corrected chi connectivity index (χ2v) is 5.12. The highest BCUT2D eigenvalue weighted by atomic mass is 19.4. The van der Waals surface area contributed by atoms with Crippen LogP contribution in [0.3, 0.4) is 0 Å². The molecule has 0 aliphatic heterocycles. The highest BCUT2D eigenvalue weighted by molar-refractivity contribution is 5.89. The minimum absolute atomic E-state index is 0.171. The van der Waals surface area contributed by atoms with Crippen LogP contribution in [0.4, 0.5) is 29.6 Å². The van der Waals surface area contributed by atoms with E-state index < -0.39 is 12.4 Å². The fraction of sp³-hybridized carbons (Fsp3) is 0.267. The number of anilines is 2. The van der Waals surface area contributed by atoms with E-state index in [4.69, 9.17) is 0 Å². The monoisotopic (exact) mass is 355 g/mol. The Kier molecular flexibility index (Phi) is 5.63. The molecule has 0 aliphatic rings. The van der Waals surface area contributed by atoms with Crippen LogP contribution in [0.2, 0.25) is 0 Å². The number of hydrogen-bond acceptors (Lipinski definition) is 5. The summed E-state index contributed by atoms with van der Waals surface area (Å²) in [7, 11) is 3.59. The van der Waals surface area contributed by atoms with E-state index in [1.165, 1.54) is 12.1 Å². The summed E-state index contributed by atoms with van der Waals surface area (Å²) in [6.45, 7) is 0.171. The van der Waals surface area contributed by atoms with Crippen molar-refractivity contribution in [3.05, 3.63) is 42.2 Å². The number of carbonyl (C=O) groups is 1. The smallest absolute Gasteiger partial charge is 0.406 e. The molecule has 0 bridgehead atoms. The van der Waals surface area contributed by atoms with Gasteiger partial charge in [0.25, 0.3) is 0 Å². The van der Waals surface area contributed by atoms with E-state index in [2.05, 4.69) is 25.3 Å². The Balaban J connectivity index is 1.87. The SMILES string of the molecule is CN(C)c1nccc(CNC(=O)Nc2ccc(OC(F)(F)F)cc2)n1. The molecule has 134 valence electrons. The zero-order valence-corrected chi connectivity index (χ0v) is 13.5. The lowest BCUT2D eigenvalue weighted by atomic mass is 10.3. The van der Waals surface area contributed by atoms with Crippen LogP contribution in [-0.2, 0) is 6.54 Å². The maximum Gasteiger partial charge on any atom is 0.573 e. The lowest BCUT2D eigenvalue weighted by molar-refractivity contribution is -0.274.